The fourth-order valence-corrected chi connectivity index (χ4v) is 4.67. The van der Waals surface area contributed by atoms with Crippen molar-refractivity contribution in [2.45, 2.75) is 17.4 Å². The molecular formula is C19H16ClN3OS2. The summed E-state index contributed by atoms with van der Waals surface area (Å²) in [5.74, 6) is 0.793. The number of nitrogens with one attached hydrogen (secondary N) is 2. The largest absolute Gasteiger partial charge is 0.344 e. The van der Waals surface area contributed by atoms with Crippen molar-refractivity contribution >= 4 is 41.5 Å². The highest BCUT2D eigenvalue weighted by Crippen LogP contribution is 2.37. The van der Waals surface area contributed by atoms with Crippen molar-refractivity contribution in [2.75, 3.05) is 5.75 Å². The topological polar surface area (TPSA) is 49.8 Å². The van der Waals surface area contributed by atoms with Gasteiger partial charge in [-0.3, -0.25) is 9.36 Å². The van der Waals surface area contributed by atoms with Crippen molar-refractivity contribution in [3.05, 3.63) is 75.8 Å². The Morgan fingerprint density at radius 3 is 2.88 bits per heavy atom. The fourth-order valence-electron chi connectivity index (χ4n) is 3.12. The van der Waals surface area contributed by atoms with E-state index in [1.807, 2.05) is 48.5 Å². The van der Waals surface area contributed by atoms with Crippen LogP contribution in [0.15, 0.2) is 59.6 Å². The van der Waals surface area contributed by atoms with Crippen LogP contribution in [0.1, 0.15) is 28.5 Å². The van der Waals surface area contributed by atoms with Gasteiger partial charge in [0.15, 0.2) is 4.77 Å². The molecule has 2 aromatic carbocycles. The summed E-state index contributed by atoms with van der Waals surface area (Å²) in [6.45, 7) is 0. The molecule has 1 atom stereocenters. The molecule has 1 aliphatic heterocycles. The molecule has 0 saturated carbocycles. The Kier molecular flexibility index (Phi) is 4.89. The maximum atomic E-state index is 13.0. The number of aromatic nitrogens is 2. The number of amides is 1. The van der Waals surface area contributed by atoms with Crippen LogP contribution in [0.4, 0.5) is 0 Å². The number of imidazole rings is 1. The summed E-state index contributed by atoms with van der Waals surface area (Å²) >= 11 is 13.3. The standard InChI is InChI=1S/C19H16ClN3OS2/c20-12-6-7-17-14(10-12)15(8-9-26-17)22-18(24)16-11-21-19(25)23(16)13-4-2-1-3-5-13/h1-7,10-11,15H,8-9H2,(H,21,25)(H,22,24). The second-order valence-corrected chi connectivity index (χ2v) is 7.96. The summed E-state index contributed by atoms with van der Waals surface area (Å²) in [6, 6.07) is 15.4. The average Bonchev–Trinajstić information content (AvgIpc) is 3.04. The molecule has 0 saturated heterocycles. The first kappa shape index (κ1) is 17.4. The Labute approximate surface area is 165 Å². The third-order valence-electron chi connectivity index (χ3n) is 4.34. The number of hydrogen-bond acceptors (Lipinski definition) is 3. The predicted molar refractivity (Wildman–Crippen MR) is 108 cm³/mol. The van der Waals surface area contributed by atoms with Crippen LogP contribution in [-0.4, -0.2) is 21.2 Å². The first-order valence-electron chi connectivity index (χ1n) is 8.22. The number of para-hydroxylation sites is 1. The van der Waals surface area contributed by atoms with Crippen LogP contribution < -0.4 is 5.32 Å². The van der Waals surface area contributed by atoms with E-state index in [0.29, 0.717) is 15.5 Å². The number of aromatic amines is 1. The van der Waals surface area contributed by atoms with Crippen LogP contribution in [0.5, 0.6) is 0 Å². The third kappa shape index (κ3) is 3.32. The Morgan fingerprint density at radius 1 is 1.27 bits per heavy atom. The lowest BCUT2D eigenvalue weighted by Gasteiger charge is -2.26. The van der Waals surface area contributed by atoms with E-state index in [1.54, 1.807) is 22.5 Å². The molecule has 1 unspecified atom stereocenters. The van der Waals surface area contributed by atoms with E-state index in [1.165, 1.54) is 4.90 Å². The van der Waals surface area contributed by atoms with Crippen molar-refractivity contribution in [1.82, 2.24) is 14.9 Å². The van der Waals surface area contributed by atoms with Crippen LogP contribution in [0.3, 0.4) is 0 Å². The first-order valence-corrected chi connectivity index (χ1v) is 9.99. The Bertz CT molecular complexity index is 1010. The molecule has 1 aliphatic rings. The summed E-state index contributed by atoms with van der Waals surface area (Å²) < 4.78 is 2.24. The molecule has 0 aliphatic carbocycles. The normalized spacial score (nSPS) is 16.1. The minimum Gasteiger partial charge on any atom is -0.344 e. The number of H-pyrrole nitrogens is 1. The molecule has 0 spiro atoms. The van der Waals surface area contributed by atoms with E-state index in [0.717, 1.165) is 23.4 Å². The van der Waals surface area contributed by atoms with Crippen molar-refractivity contribution in [3.8, 4) is 5.69 Å². The highest BCUT2D eigenvalue weighted by atomic mass is 35.5. The smallest absolute Gasteiger partial charge is 0.270 e. The number of thioether (sulfide) groups is 1. The molecule has 2 heterocycles. The van der Waals surface area contributed by atoms with Crippen LogP contribution >= 0.6 is 35.6 Å². The van der Waals surface area contributed by atoms with Gasteiger partial charge in [0.25, 0.3) is 5.91 Å². The van der Waals surface area contributed by atoms with Gasteiger partial charge in [-0.15, -0.1) is 11.8 Å². The number of hydrogen-bond donors (Lipinski definition) is 2. The lowest BCUT2D eigenvalue weighted by molar-refractivity contribution is 0.0928. The van der Waals surface area contributed by atoms with Crippen molar-refractivity contribution in [2.24, 2.45) is 0 Å². The quantitative estimate of drug-likeness (QED) is 0.596. The summed E-state index contributed by atoms with van der Waals surface area (Å²) in [5, 5.41) is 3.82. The SMILES string of the molecule is O=C(NC1CCSc2ccc(Cl)cc21)c1c[nH]c(=S)n1-c1ccccc1. The van der Waals surface area contributed by atoms with Crippen molar-refractivity contribution in [3.63, 3.8) is 0 Å². The minimum atomic E-state index is -0.163. The average molecular weight is 402 g/mol. The van der Waals surface area contributed by atoms with Gasteiger partial charge >= 0.3 is 0 Å². The van der Waals surface area contributed by atoms with Crippen molar-refractivity contribution in [1.29, 1.82) is 0 Å². The number of benzene rings is 2. The van der Waals surface area contributed by atoms with Crippen LogP contribution in [0.25, 0.3) is 5.69 Å². The second-order valence-electron chi connectivity index (χ2n) is 6.00. The number of carbonyl (C=O) groups is 1. The molecule has 0 fully saturated rings. The zero-order valence-corrected chi connectivity index (χ0v) is 16.1. The molecule has 4 nitrogen and oxygen atoms in total. The number of nitrogens with zero attached hydrogens (tertiary/aromatic N) is 1. The highest BCUT2D eigenvalue weighted by molar-refractivity contribution is 7.99. The first-order chi connectivity index (χ1) is 12.6. The lowest BCUT2D eigenvalue weighted by atomic mass is 10.0. The molecule has 132 valence electrons. The Morgan fingerprint density at radius 2 is 2.08 bits per heavy atom. The molecule has 26 heavy (non-hydrogen) atoms. The molecule has 4 rings (SSSR count). The maximum Gasteiger partial charge on any atom is 0.270 e. The van der Waals surface area contributed by atoms with Gasteiger partial charge in [0.05, 0.1) is 6.04 Å². The van der Waals surface area contributed by atoms with Crippen LogP contribution in [-0.2, 0) is 0 Å². The highest BCUT2D eigenvalue weighted by Gasteiger charge is 2.24. The Hall–Kier alpha value is -2.02. The summed E-state index contributed by atoms with van der Waals surface area (Å²) in [7, 11) is 0. The molecule has 2 N–H and O–H groups in total. The van der Waals surface area contributed by atoms with Gasteiger partial charge in [-0.2, -0.15) is 0 Å². The third-order valence-corrected chi connectivity index (χ3v) is 6.00. The Balaban J connectivity index is 1.65. The van der Waals surface area contributed by atoms with Crippen LogP contribution in [0.2, 0.25) is 5.02 Å². The van der Waals surface area contributed by atoms with E-state index < -0.39 is 0 Å². The summed E-state index contributed by atoms with van der Waals surface area (Å²) in [6.07, 6.45) is 2.52. The fraction of sp³-hybridized carbons (Fsp3) is 0.158. The van der Waals surface area contributed by atoms with Gasteiger partial charge in [-0.25, -0.2) is 0 Å². The zero-order valence-electron chi connectivity index (χ0n) is 13.7. The van der Waals surface area contributed by atoms with Gasteiger partial charge in [0.2, 0.25) is 0 Å². The predicted octanol–water partition coefficient (Wildman–Crippen LogP) is 5.16. The van der Waals surface area contributed by atoms with Gasteiger partial charge in [-0.1, -0.05) is 29.8 Å². The van der Waals surface area contributed by atoms with Gasteiger partial charge in [0.1, 0.15) is 5.69 Å². The van der Waals surface area contributed by atoms with Crippen molar-refractivity contribution < 1.29 is 4.79 Å². The van der Waals surface area contributed by atoms with Gasteiger partial charge in [-0.05, 0) is 54.5 Å². The number of halogens is 1. The molecule has 1 amide bonds. The minimum absolute atomic E-state index is 0.0647. The van der Waals surface area contributed by atoms with E-state index in [9.17, 15) is 4.79 Å². The van der Waals surface area contributed by atoms with Gasteiger partial charge < -0.3 is 10.3 Å². The van der Waals surface area contributed by atoms with E-state index in [2.05, 4.69) is 10.3 Å². The maximum absolute atomic E-state index is 13.0. The summed E-state index contributed by atoms with van der Waals surface area (Å²) in [4.78, 5) is 17.1. The lowest BCUT2D eigenvalue weighted by Crippen LogP contribution is -2.32. The van der Waals surface area contributed by atoms with Gasteiger partial charge in [0, 0.05) is 27.6 Å². The summed E-state index contributed by atoms with van der Waals surface area (Å²) in [5.41, 5.74) is 2.41. The molecular weight excluding hydrogens is 386 g/mol. The molecule has 3 aromatic rings. The molecule has 7 heteroatoms. The monoisotopic (exact) mass is 401 g/mol. The molecule has 0 bridgehead atoms. The van der Waals surface area contributed by atoms with E-state index in [4.69, 9.17) is 23.8 Å². The number of fused-ring (bicyclic) bond motifs is 1. The van der Waals surface area contributed by atoms with E-state index >= 15 is 0 Å². The number of carbonyl (C=O) groups excluding carboxylic acids is 1. The number of rotatable bonds is 3. The zero-order chi connectivity index (χ0) is 18.1. The molecule has 1 aromatic heterocycles. The van der Waals surface area contributed by atoms with Crippen LogP contribution in [0, 0.1) is 4.77 Å². The van der Waals surface area contributed by atoms with E-state index in [-0.39, 0.29) is 11.9 Å². The second kappa shape index (κ2) is 7.31. The molecule has 0 radical (unpaired) electrons.